The second-order valence-electron chi connectivity index (χ2n) is 7.71. The molecule has 9 heteroatoms. The van der Waals surface area contributed by atoms with E-state index in [4.69, 9.17) is 0 Å². The SMILES string of the molecule is Cc1ccc(C(=O)N[C@@H](C)c2nnc(SCC(=O)Nc3cc(C)c(C)cc3Br)n2C)cc1. The lowest BCUT2D eigenvalue weighted by molar-refractivity contribution is -0.113. The normalized spacial score (nSPS) is 11.8. The van der Waals surface area contributed by atoms with Crippen LogP contribution in [0.5, 0.6) is 0 Å². The van der Waals surface area contributed by atoms with Crippen molar-refractivity contribution in [3.05, 3.63) is 68.9 Å². The molecule has 1 heterocycles. The molecule has 2 aromatic carbocycles. The van der Waals surface area contributed by atoms with Crippen molar-refractivity contribution in [2.75, 3.05) is 11.1 Å². The monoisotopic (exact) mass is 515 g/mol. The van der Waals surface area contributed by atoms with Gasteiger partial charge in [-0.1, -0.05) is 29.5 Å². The van der Waals surface area contributed by atoms with Crippen LogP contribution in [0.3, 0.4) is 0 Å². The minimum Gasteiger partial charge on any atom is -0.342 e. The van der Waals surface area contributed by atoms with Crippen LogP contribution in [-0.2, 0) is 11.8 Å². The molecule has 0 unspecified atom stereocenters. The molecular weight excluding hydrogens is 490 g/mol. The van der Waals surface area contributed by atoms with Crippen molar-refractivity contribution in [3.8, 4) is 0 Å². The third-order valence-corrected chi connectivity index (χ3v) is 6.78. The van der Waals surface area contributed by atoms with Gasteiger partial charge in [0.1, 0.15) is 0 Å². The van der Waals surface area contributed by atoms with Gasteiger partial charge in [0.2, 0.25) is 5.91 Å². The highest BCUT2D eigenvalue weighted by Gasteiger charge is 2.19. The van der Waals surface area contributed by atoms with E-state index in [0.717, 1.165) is 26.9 Å². The van der Waals surface area contributed by atoms with Gasteiger partial charge >= 0.3 is 0 Å². The number of nitrogens with zero attached hydrogens (tertiary/aromatic N) is 3. The first-order chi connectivity index (χ1) is 15.2. The zero-order valence-electron chi connectivity index (χ0n) is 18.7. The van der Waals surface area contributed by atoms with E-state index in [1.54, 1.807) is 16.7 Å². The highest BCUT2D eigenvalue weighted by atomic mass is 79.9. The fourth-order valence-electron chi connectivity index (χ4n) is 3.07. The Morgan fingerprint density at radius 1 is 1.09 bits per heavy atom. The van der Waals surface area contributed by atoms with E-state index in [1.165, 1.54) is 11.8 Å². The predicted octanol–water partition coefficient (Wildman–Crippen LogP) is 4.72. The summed E-state index contributed by atoms with van der Waals surface area (Å²) < 4.78 is 2.64. The highest BCUT2D eigenvalue weighted by molar-refractivity contribution is 9.10. The van der Waals surface area contributed by atoms with Gasteiger partial charge in [0.15, 0.2) is 11.0 Å². The van der Waals surface area contributed by atoms with E-state index in [9.17, 15) is 9.59 Å². The summed E-state index contributed by atoms with van der Waals surface area (Å²) >= 11 is 4.79. The Balaban J connectivity index is 1.59. The Labute approximate surface area is 200 Å². The lowest BCUT2D eigenvalue weighted by atomic mass is 10.1. The Bertz CT molecular complexity index is 1140. The fraction of sp³-hybridized carbons (Fsp3) is 0.304. The molecule has 0 saturated carbocycles. The molecular formula is C23H26BrN5O2S. The molecule has 168 valence electrons. The van der Waals surface area contributed by atoms with Gasteiger partial charge in [-0.25, -0.2) is 0 Å². The van der Waals surface area contributed by atoms with Gasteiger partial charge in [-0.15, -0.1) is 10.2 Å². The number of anilines is 1. The number of carbonyl (C=O) groups is 2. The van der Waals surface area contributed by atoms with Gasteiger partial charge in [0.25, 0.3) is 5.91 Å². The van der Waals surface area contributed by atoms with Crippen LogP contribution < -0.4 is 10.6 Å². The topological polar surface area (TPSA) is 88.9 Å². The van der Waals surface area contributed by atoms with Crippen molar-refractivity contribution in [2.45, 2.75) is 38.9 Å². The van der Waals surface area contributed by atoms with Crippen molar-refractivity contribution in [1.82, 2.24) is 20.1 Å². The van der Waals surface area contributed by atoms with E-state index in [0.29, 0.717) is 16.5 Å². The third-order valence-electron chi connectivity index (χ3n) is 5.11. The largest absolute Gasteiger partial charge is 0.342 e. The number of carbonyl (C=O) groups excluding carboxylic acids is 2. The van der Waals surface area contributed by atoms with Crippen molar-refractivity contribution < 1.29 is 9.59 Å². The molecule has 2 N–H and O–H groups in total. The van der Waals surface area contributed by atoms with Crippen LogP contribution in [0.4, 0.5) is 5.69 Å². The van der Waals surface area contributed by atoms with Crippen LogP contribution in [0.1, 0.15) is 45.8 Å². The number of benzene rings is 2. The average molecular weight is 516 g/mol. The van der Waals surface area contributed by atoms with E-state index in [1.807, 2.05) is 59.0 Å². The first-order valence-corrected chi connectivity index (χ1v) is 11.9. The molecule has 0 saturated heterocycles. The van der Waals surface area contributed by atoms with Crippen LogP contribution >= 0.6 is 27.7 Å². The first-order valence-electron chi connectivity index (χ1n) is 10.1. The van der Waals surface area contributed by atoms with Crippen LogP contribution in [0.2, 0.25) is 0 Å². The summed E-state index contributed by atoms with van der Waals surface area (Å²) in [6.45, 7) is 7.86. The Morgan fingerprint density at radius 2 is 1.75 bits per heavy atom. The first kappa shape index (κ1) is 24.0. The summed E-state index contributed by atoms with van der Waals surface area (Å²) in [6, 6.07) is 11.0. The number of nitrogens with one attached hydrogen (secondary N) is 2. The van der Waals surface area contributed by atoms with E-state index < -0.39 is 0 Å². The Kier molecular flexibility index (Phi) is 7.73. The van der Waals surface area contributed by atoms with E-state index in [-0.39, 0.29) is 23.6 Å². The Morgan fingerprint density at radius 3 is 2.44 bits per heavy atom. The average Bonchev–Trinajstić information content (AvgIpc) is 3.11. The summed E-state index contributed by atoms with van der Waals surface area (Å²) in [5, 5.41) is 14.9. The summed E-state index contributed by atoms with van der Waals surface area (Å²) in [5.41, 5.74) is 4.69. The maximum absolute atomic E-state index is 12.5. The van der Waals surface area contributed by atoms with Crippen molar-refractivity contribution in [3.63, 3.8) is 0 Å². The van der Waals surface area contributed by atoms with Crippen molar-refractivity contribution >= 4 is 45.2 Å². The predicted molar refractivity (Wildman–Crippen MR) is 131 cm³/mol. The van der Waals surface area contributed by atoms with E-state index >= 15 is 0 Å². The van der Waals surface area contributed by atoms with Crippen molar-refractivity contribution in [1.29, 1.82) is 0 Å². The molecule has 3 aromatic rings. The summed E-state index contributed by atoms with van der Waals surface area (Å²) in [4.78, 5) is 24.9. The van der Waals surface area contributed by atoms with Crippen LogP contribution in [0.15, 0.2) is 46.0 Å². The molecule has 0 fully saturated rings. The molecule has 0 aliphatic heterocycles. The minimum atomic E-state index is -0.337. The minimum absolute atomic E-state index is 0.135. The van der Waals surface area contributed by atoms with Crippen LogP contribution in [-0.4, -0.2) is 32.3 Å². The van der Waals surface area contributed by atoms with Gasteiger partial charge in [0.05, 0.1) is 17.5 Å². The maximum atomic E-state index is 12.5. The van der Waals surface area contributed by atoms with Gasteiger partial charge < -0.3 is 15.2 Å². The van der Waals surface area contributed by atoms with Crippen molar-refractivity contribution in [2.24, 2.45) is 7.05 Å². The molecule has 0 aliphatic rings. The smallest absolute Gasteiger partial charge is 0.251 e. The molecule has 0 aliphatic carbocycles. The number of aryl methyl sites for hydroxylation is 3. The molecule has 0 radical (unpaired) electrons. The number of hydrogen-bond donors (Lipinski definition) is 2. The number of thioether (sulfide) groups is 1. The summed E-state index contributed by atoms with van der Waals surface area (Å²) in [7, 11) is 1.82. The number of hydrogen-bond acceptors (Lipinski definition) is 5. The van der Waals surface area contributed by atoms with Gasteiger partial charge in [-0.05, 0) is 79.0 Å². The molecule has 1 aromatic heterocycles. The molecule has 7 nitrogen and oxygen atoms in total. The molecule has 32 heavy (non-hydrogen) atoms. The zero-order chi connectivity index (χ0) is 23.4. The zero-order valence-corrected chi connectivity index (χ0v) is 21.1. The third kappa shape index (κ3) is 5.77. The lowest BCUT2D eigenvalue weighted by Gasteiger charge is -2.14. The molecule has 0 bridgehead atoms. The lowest BCUT2D eigenvalue weighted by Crippen LogP contribution is -2.28. The summed E-state index contributed by atoms with van der Waals surface area (Å²) in [6.07, 6.45) is 0. The second kappa shape index (κ2) is 10.3. The molecule has 1 atom stereocenters. The highest BCUT2D eigenvalue weighted by Crippen LogP contribution is 2.27. The quantitative estimate of drug-likeness (QED) is 0.444. The number of aromatic nitrogens is 3. The van der Waals surface area contributed by atoms with Crippen LogP contribution in [0, 0.1) is 20.8 Å². The van der Waals surface area contributed by atoms with Gasteiger partial charge in [0, 0.05) is 17.1 Å². The van der Waals surface area contributed by atoms with Gasteiger partial charge in [-0.2, -0.15) is 0 Å². The summed E-state index contributed by atoms with van der Waals surface area (Å²) in [5.74, 6) is 0.498. The second-order valence-corrected chi connectivity index (χ2v) is 9.51. The fourth-order valence-corrected chi connectivity index (χ4v) is 4.35. The number of halogens is 1. The maximum Gasteiger partial charge on any atom is 0.251 e. The number of amides is 2. The van der Waals surface area contributed by atoms with Gasteiger partial charge in [-0.3, -0.25) is 9.59 Å². The number of rotatable bonds is 7. The van der Waals surface area contributed by atoms with E-state index in [2.05, 4.69) is 36.8 Å². The Hall–Kier alpha value is -2.65. The standard InChI is InChI=1S/C23H26BrN5O2S/c1-13-6-8-17(9-7-13)22(31)25-16(4)21-27-28-23(29(21)5)32-12-20(30)26-19-11-15(3)14(2)10-18(19)24/h6-11,16H,12H2,1-5H3,(H,25,31)(H,26,30)/t16-/m0/s1. The molecule has 0 spiro atoms. The molecule has 3 rings (SSSR count). The molecule has 2 amide bonds. The van der Waals surface area contributed by atoms with Crippen LogP contribution in [0.25, 0.3) is 0 Å².